The van der Waals surface area contributed by atoms with E-state index in [-0.39, 0.29) is 22.3 Å². The fourth-order valence-corrected chi connectivity index (χ4v) is 6.05. The van der Waals surface area contributed by atoms with Crippen LogP contribution >= 0.6 is 0 Å². The zero-order valence-corrected chi connectivity index (χ0v) is 21.6. The van der Waals surface area contributed by atoms with Gasteiger partial charge in [0, 0.05) is 21.7 Å². The van der Waals surface area contributed by atoms with Gasteiger partial charge in [-0.1, -0.05) is 97.1 Å². The summed E-state index contributed by atoms with van der Waals surface area (Å²) >= 11 is 0. The van der Waals surface area contributed by atoms with Gasteiger partial charge in [-0.05, 0) is 28.0 Å². The molecule has 7 aromatic rings. The predicted octanol–water partition coefficient (Wildman–Crippen LogP) is 8.22. The van der Waals surface area contributed by atoms with Crippen molar-refractivity contribution in [3.05, 3.63) is 125 Å². The molecule has 0 aliphatic carbocycles. The van der Waals surface area contributed by atoms with E-state index in [0.29, 0.717) is 10.9 Å². The minimum Gasteiger partial charge on any atom is -0.307 e. The van der Waals surface area contributed by atoms with Crippen LogP contribution in [0.25, 0.3) is 60.3 Å². The average Bonchev–Trinajstić information content (AvgIpc) is 3.44. The lowest BCUT2D eigenvalue weighted by molar-refractivity contribution is 1.26. The van der Waals surface area contributed by atoms with E-state index in [9.17, 15) is 21.0 Å². The Labute approximate surface area is 235 Å². The van der Waals surface area contributed by atoms with Crippen LogP contribution in [0, 0.1) is 45.3 Å². The third-order valence-corrected chi connectivity index (χ3v) is 7.73. The second-order valence-corrected chi connectivity index (χ2v) is 9.74. The molecule has 0 aliphatic heterocycles. The number of hydrogen-bond donors (Lipinski definition) is 0. The van der Waals surface area contributed by atoms with Gasteiger partial charge >= 0.3 is 0 Å². The maximum absolute atomic E-state index is 10.6. The summed E-state index contributed by atoms with van der Waals surface area (Å²) in [6.45, 7) is 0. The van der Waals surface area contributed by atoms with Crippen molar-refractivity contribution in [3.8, 4) is 46.7 Å². The minimum absolute atomic E-state index is 0.0743. The molecule has 0 atom stereocenters. The van der Waals surface area contributed by atoms with Crippen LogP contribution in [-0.2, 0) is 0 Å². The Bertz CT molecular complexity index is 2390. The number of benzene rings is 5. The molecule has 0 N–H and O–H groups in total. The molecule has 5 aromatic carbocycles. The standard InChI is InChI=1S/C36H17N5/c37-18-28-29(19-38)31(21-40)36-34(30(28)20-39)33-25-14-8-7-11-23(25)15-16-26(33)35-27(22-9-3-1-4-10-22)17-32(41(35)36)24-12-5-2-6-13-24/h1-17H. The molecule has 0 spiro atoms. The second-order valence-electron chi connectivity index (χ2n) is 9.74. The summed E-state index contributed by atoms with van der Waals surface area (Å²) in [5.74, 6) is 0. The average molecular weight is 520 g/mol. The van der Waals surface area contributed by atoms with Crippen LogP contribution in [0.4, 0.5) is 0 Å². The van der Waals surface area contributed by atoms with Gasteiger partial charge in [0.1, 0.15) is 24.3 Å². The normalized spacial score (nSPS) is 10.8. The molecule has 2 heterocycles. The third kappa shape index (κ3) is 3.25. The Morgan fingerprint density at radius 1 is 0.463 bits per heavy atom. The summed E-state index contributed by atoms with van der Waals surface area (Å²) in [7, 11) is 0. The van der Waals surface area contributed by atoms with Gasteiger partial charge in [0.25, 0.3) is 0 Å². The van der Waals surface area contributed by atoms with Crippen molar-refractivity contribution >= 4 is 38.0 Å². The molecule has 0 saturated carbocycles. The zero-order valence-electron chi connectivity index (χ0n) is 21.6. The highest BCUT2D eigenvalue weighted by molar-refractivity contribution is 6.28. The molecule has 0 amide bonds. The van der Waals surface area contributed by atoms with E-state index >= 15 is 0 Å². The van der Waals surface area contributed by atoms with Gasteiger partial charge in [-0.2, -0.15) is 21.0 Å². The van der Waals surface area contributed by atoms with Crippen molar-refractivity contribution in [3.63, 3.8) is 0 Å². The van der Waals surface area contributed by atoms with Gasteiger partial charge in [-0.25, -0.2) is 0 Å². The number of aromatic nitrogens is 1. The van der Waals surface area contributed by atoms with Gasteiger partial charge in [0.05, 0.1) is 39.0 Å². The summed E-state index contributed by atoms with van der Waals surface area (Å²) in [4.78, 5) is 0. The van der Waals surface area contributed by atoms with Crippen molar-refractivity contribution in [2.75, 3.05) is 0 Å². The third-order valence-electron chi connectivity index (χ3n) is 7.73. The number of nitrogens with zero attached hydrogens (tertiary/aromatic N) is 5. The molecule has 5 heteroatoms. The van der Waals surface area contributed by atoms with Crippen molar-refractivity contribution in [2.24, 2.45) is 0 Å². The summed E-state index contributed by atoms with van der Waals surface area (Å²) in [5, 5.41) is 45.4. The fourth-order valence-electron chi connectivity index (χ4n) is 6.05. The first-order chi connectivity index (χ1) is 20.2. The maximum atomic E-state index is 10.6. The lowest BCUT2D eigenvalue weighted by Crippen LogP contribution is -2.04. The van der Waals surface area contributed by atoms with Gasteiger partial charge < -0.3 is 4.40 Å². The smallest absolute Gasteiger partial charge is 0.103 e. The lowest BCUT2D eigenvalue weighted by atomic mass is 9.88. The molecule has 5 nitrogen and oxygen atoms in total. The first kappa shape index (κ1) is 23.7. The quantitative estimate of drug-likeness (QED) is 0.215. The van der Waals surface area contributed by atoms with Gasteiger partial charge in [-0.15, -0.1) is 0 Å². The van der Waals surface area contributed by atoms with Crippen LogP contribution in [-0.4, -0.2) is 4.40 Å². The first-order valence-corrected chi connectivity index (χ1v) is 13.0. The number of rotatable bonds is 2. The highest BCUT2D eigenvalue weighted by atomic mass is 14.9. The largest absolute Gasteiger partial charge is 0.307 e. The Morgan fingerprint density at radius 3 is 1.71 bits per heavy atom. The van der Waals surface area contributed by atoms with Crippen LogP contribution in [0.15, 0.2) is 103 Å². The first-order valence-electron chi connectivity index (χ1n) is 13.0. The zero-order chi connectivity index (χ0) is 28.1. The topological polar surface area (TPSA) is 99.6 Å². The van der Waals surface area contributed by atoms with Gasteiger partial charge in [-0.3, -0.25) is 0 Å². The van der Waals surface area contributed by atoms with Crippen LogP contribution in [0.2, 0.25) is 0 Å². The summed E-state index contributed by atoms with van der Waals surface area (Å²) < 4.78 is 2.01. The van der Waals surface area contributed by atoms with Crippen molar-refractivity contribution in [2.45, 2.75) is 0 Å². The molecule has 0 unspecified atom stereocenters. The Morgan fingerprint density at radius 2 is 1.05 bits per heavy atom. The fraction of sp³-hybridized carbons (Fsp3) is 0. The summed E-state index contributed by atoms with van der Waals surface area (Å²) in [6, 6.07) is 42.6. The molecule has 186 valence electrons. The van der Waals surface area contributed by atoms with E-state index in [4.69, 9.17) is 0 Å². The Kier molecular flexibility index (Phi) is 5.27. The highest BCUT2D eigenvalue weighted by Crippen LogP contribution is 2.45. The van der Waals surface area contributed by atoms with E-state index in [1.165, 1.54) is 0 Å². The Balaban J connectivity index is 1.93. The highest BCUT2D eigenvalue weighted by Gasteiger charge is 2.27. The van der Waals surface area contributed by atoms with Crippen LogP contribution in [0.5, 0.6) is 0 Å². The van der Waals surface area contributed by atoms with Crippen LogP contribution < -0.4 is 0 Å². The van der Waals surface area contributed by atoms with Crippen LogP contribution in [0.3, 0.4) is 0 Å². The minimum atomic E-state index is -0.0890. The number of hydrogen-bond acceptors (Lipinski definition) is 4. The van der Waals surface area contributed by atoms with E-state index in [1.54, 1.807) is 0 Å². The number of pyridine rings is 1. The van der Waals surface area contributed by atoms with Crippen molar-refractivity contribution < 1.29 is 0 Å². The number of nitriles is 4. The molecule has 2 aromatic heterocycles. The molecular weight excluding hydrogens is 502 g/mol. The molecule has 0 aliphatic rings. The molecule has 0 radical (unpaired) electrons. The van der Waals surface area contributed by atoms with Crippen LogP contribution in [0.1, 0.15) is 22.3 Å². The molecule has 0 bridgehead atoms. The SMILES string of the molecule is N#Cc1c(C#N)c(C#N)c2c(c1C#N)c1c3ccccc3ccc1c1c(-c3ccccc3)cc(-c3ccccc3)n12. The summed E-state index contributed by atoms with van der Waals surface area (Å²) in [5.41, 5.74) is 4.98. The van der Waals surface area contributed by atoms with Gasteiger partial charge in [0.2, 0.25) is 0 Å². The molecular formula is C36H17N5. The summed E-state index contributed by atoms with van der Waals surface area (Å²) in [6.07, 6.45) is 0. The molecule has 0 saturated heterocycles. The lowest BCUT2D eigenvalue weighted by Gasteiger charge is -2.18. The van der Waals surface area contributed by atoms with Crippen molar-refractivity contribution in [1.82, 2.24) is 4.40 Å². The monoisotopic (exact) mass is 519 g/mol. The van der Waals surface area contributed by atoms with Gasteiger partial charge in [0.15, 0.2) is 0 Å². The predicted molar refractivity (Wildman–Crippen MR) is 160 cm³/mol. The molecule has 41 heavy (non-hydrogen) atoms. The van der Waals surface area contributed by atoms with E-state index in [2.05, 4.69) is 36.4 Å². The van der Waals surface area contributed by atoms with E-state index in [1.807, 2.05) is 95.4 Å². The number of fused-ring (bicyclic) bond motifs is 8. The maximum Gasteiger partial charge on any atom is 0.103 e. The Hall–Kier alpha value is -6.40. The van der Waals surface area contributed by atoms with E-state index < -0.39 is 0 Å². The molecule has 7 rings (SSSR count). The molecule has 0 fully saturated rings. The van der Waals surface area contributed by atoms with E-state index in [0.717, 1.165) is 49.4 Å². The van der Waals surface area contributed by atoms with Crippen molar-refractivity contribution in [1.29, 1.82) is 21.0 Å². The second kappa shape index (κ2) is 9.11.